The summed E-state index contributed by atoms with van der Waals surface area (Å²) in [6, 6.07) is 9.77. The monoisotopic (exact) mass is 338 g/mol. The van der Waals surface area contributed by atoms with Gasteiger partial charge < -0.3 is 14.1 Å². The van der Waals surface area contributed by atoms with E-state index in [1.54, 1.807) is 24.3 Å². The number of amides is 1. The van der Waals surface area contributed by atoms with Crippen LogP contribution >= 0.6 is 0 Å². The average Bonchev–Trinajstić information content (AvgIpc) is 3.07. The second-order valence-corrected chi connectivity index (χ2v) is 6.55. The van der Waals surface area contributed by atoms with E-state index >= 15 is 0 Å². The fraction of sp³-hybridized carbons (Fsp3) is 0.267. The van der Waals surface area contributed by atoms with E-state index in [2.05, 4.69) is 4.72 Å². The van der Waals surface area contributed by atoms with E-state index in [4.69, 9.17) is 9.15 Å². The Balaban J connectivity index is 2.31. The van der Waals surface area contributed by atoms with Crippen molar-refractivity contribution >= 4 is 15.9 Å². The topological polar surface area (TPSA) is 88.9 Å². The highest BCUT2D eigenvalue weighted by atomic mass is 32.2. The summed E-state index contributed by atoms with van der Waals surface area (Å²) in [6.07, 6.45) is 1.38. The minimum atomic E-state index is -3.88. The van der Waals surface area contributed by atoms with Crippen molar-refractivity contribution in [2.75, 3.05) is 20.9 Å². The Hall–Kier alpha value is -2.16. The molecule has 0 aliphatic carbocycles. The minimum Gasteiger partial charge on any atom is -0.467 e. The fourth-order valence-corrected chi connectivity index (χ4v) is 3.16. The first-order valence-electron chi connectivity index (χ1n) is 6.80. The Morgan fingerprint density at radius 3 is 2.52 bits per heavy atom. The molecule has 23 heavy (non-hydrogen) atoms. The molecule has 0 bridgehead atoms. The van der Waals surface area contributed by atoms with Gasteiger partial charge in [0.25, 0.3) is 0 Å². The third kappa shape index (κ3) is 4.19. The predicted octanol–water partition coefficient (Wildman–Crippen LogP) is 1.36. The van der Waals surface area contributed by atoms with E-state index < -0.39 is 22.0 Å². The van der Waals surface area contributed by atoms with Crippen LogP contribution in [0, 0.1) is 0 Å². The molecule has 0 fully saturated rings. The summed E-state index contributed by atoms with van der Waals surface area (Å²) in [6.45, 7) is 0.0309. The van der Waals surface area contributed by atoms with Gasteiger partial charge in [-0.15, -0.1) is 0 Å². The summed E-state index contributed by atoms with van der Waals surface area (Å²) in [5.41, 5.74) is 0. The van der Waals surface area contributed by atoms with Gasteiger partial charge in [0.1, 0.15) is 12.5 Å². The third-order valence-corrected chi connectivity index (χ3v) is 4.54. The number of furan rings is 1. The molecule has 0 aliphatic rings. The molecule has 1 N–H and O–H groups in total. The van der Waals surface area contributed by atoms with Crippen LogP contribution in [-0.4, -0.2) is 40.1 Å². The molecular weight excluding hydrogens is 320 g/mol. The molecule has 0 saturated carbocycles. The predicted molar refractivity (Wildman–Crippen MR) is 82.9 cm³/mol. The summed E-state index contributed by atoms with van der Waals surface area (Å²) in [4.78, 5) is 13.8. The minimum absolute atomic E-state index is 0.0309. The molecule has 0 aliphatic heterocycles. The maximum absolute atomic E-state index is 12.5. The highest BCUT2D eigenvalue weighted by Crippen LogP contribution is 2.20. The van der Waals surface area contributed by atoms with Crippen LogP contribution in [0.15, 0.2) is 58.0 Å². The van der Waals surface area contributed by atoms with Gasteiger partial charge in [0.15, 0.2) is 6.04 Å². The molecule has 124 valence electrons. The van der Waals surface area contributed by atoms with Crippen LogP contribution in [0.5, 0.6) is 0 Å². The number of hydrogen-bond donors (Lipinski definition) is 1. The average molecular weight is 338 g/mol. The number of benzene rings is 1. The Labute approximate surface area is 134 Å². The summed E-state index contributed by atoms with van der Waals surface area (Å²) in [5.74, 6) is -0.279. The van der Waals surface area contributed by atoms with Crippen molar-refractivity contribution in [3.63, 3.8) is 0 Å². The van der Waals surface area contributed by atoms with Gasteiger partial charge in [0.05, 0.1) is 11.2 Å². The Morgan fingerprint density at radius 2 is 1.96 bits per heavy atom. The molecule has 8 heteroatoms. The van der Waals surface area contributed by atoms with Gasteiger partial charge >= 0.3 is 0 Å². The molecule has 1 amide bonds. The van der Waals surface area contributed by atoms with Gasteiger partial charge in [0, 0.05) is 14.2 Å². The summed E-state index contributed by atoms with van der Waals surface area (Å²) in [7, 11) is -0.921. The van der Waals surface area contributed by atoms with Crippen molar-refractivity contribution in [3.05, 3.63) is 54.5 Å². The molecule has 1 aromatic heterocycles. The molecular formula is C15H18N2O5S. The lowest BCUT2D eigenvalue weighted by Gasteiger charge is -2.22. The van der Waals surface area contributed by atoms with Gasteiger partial charge in [0.2, 0.25) is 15.9 Å². The van der Waals surface area contributed by atoms with E-state index in [0.717, 1.165) is 0 Å². The quantitative estimate of drug-likeness (QED) is 0.770. The number of carbonyl (C=O) groups excluding carboxylic acids is 1. The highest BCUT2D eigenvalue weighted by molar-refractivity contribution is 7.89. The van der Waals surface area contributed by atoms with E-state index in [1.165, 1.54) is 43.5 Å². The third-order valence-electron chi connectivity index (χ3n) is 3.10. The first-order valence-corrected chi connectivity index (χ1v) is 8.28. The van der Waals surface area contributed by atoms with Gasteiger partial charge in [-0.3, -0.25) is 4.79 Å². The molecule has 7 nitrogen and oxygen atoms in total. The number of likely N-dealkylation sites (N-methyl/N-ethyl adjacent to an activating group) is 1. The maximum Gasteiger partial charge on any atom is 0.250 e. The van der Waals surface area contributed by atoms with Crippen LogP contribution in [0.2, 0.25) is 0 Å². The second kappa shape index (κ2) is 7.40. The first-order chi connectivity index (χ1) is 11.0. The van der Waals surface area contributed by atoms with Crippen molar-refractivity contribution in [1.29, 1.82) is 0 Å². The summed E-state index contributed by atoms with van der Waals surface area (Å²) >= 11 is 0. The maximum atomic E-state index is 12.5. The lowest BCUT2D eigenvalue weighted by molar-refractivity contribution is -0.136. The van der Waals surface area contributed by atoms with Gasteiger partial charge in [-0.05, 0) is 24.3 Å². The lowest BCUT2D eigenvalue weighted by Crippen LogP contribution is -2.41. The SMILES string of the molecule is COCN(C)C(=O)C(NS(=O)(=O)c1ccccc1)c1ccco1. The first kappa shape index (κ1) is 17.2. The molecule has 0 saturated heterocycles. The van der Waals surface area contributed by atoms with E-state index in [9.17, 15) is 13.2 Å². The molecule has 0 spiro atoms. The van der Waals surface area contributed by atoms with Crippen molar-refractivity contribution in [2.45, 2.75) is 10.9 Å². The zero-order valence-electron chi connectivity index (χ0n) is 12.8. The van der Waals surface area contributed by atoms with Crippen LogP contribution in [0.1, 0.15) is 11.8 Å². The Kier molecular flexibility index (Phi) is 5.54. The van der Waals surface area contributed by atoms with Crippen LogP contribution < -0.4 is 4.72 Å². The second-order valence-electron chi connectivity index (χ2n) is 4.84. The molecule has 2 rings (SSSR count). The van der Waals surface area contributed by atoms with Crippen molar-refractivity contribution in [3.8, 4) is 0 Å². The Morgan fingerprint density at radius 1 is 1.26 bits per heavy atom. The standard InChI is InChI=1S/C15H18N2O5S/c1-17(11-21-2)15(18)14(13-9-6-10-22-13)16-23(19,20)12-7-4-3-5-8-12/h3-10,14,16H,11H2,1-2H3. The smallest absolute Gasteiger partial charge is 0.250 e. The van der Waals surface area contributed by atoms with E-state index in [0.29, 0.717) is 0 Å². The van der Waals surface area contributed by atoms with Crippen LogP contribution in [-0.2, 0) is 19.6 Å². The van der Waals surface area contributed by atoms with E-state index in [-0.39, 0.29) is 17.4 Å². The molecule has 1 aromatic carbocycles. The number of rotatable bonds is 7. The molecule has 2 aromatic rings. The van der Waals surface area contributed by atoms with Crippen molar-refractivity contribution in [1.82, 2.24) is 9.62 Å². The van der Waals surface area contributed by atoms with Gasteiger partial charge in [-0.1, -0.05) is 18.2 Å². The largest absolute Gasteiger partial charge is 0.467 e. The zero-order valence-corrected chi connectivity index (χ0v) is 13.6. The number of methoxy groups -OCH3 is 1. The fourth-order valence-electron chi connectivity index (χ4n) is 1.99. The zero-order chi connectivity index (χ0) is 16.9. The number of nitrogens with zero attached hydrogens (tertiary/aromatic N) is 1. The van der Waals surface area contributed by atoms with Crippen LogP contribution in [0.4, 0.5) is 0 Å². The lowest BCUT2D eigenvalue weighted by atomic mass is 10.2. The van der Waals surface area contributed by atoms with Gasteiger partial charge in [-0.25, -0.2) is 8.42 Å². The number of nitrogens with one attached hydrogen (secondary N) is 1. The Bertz CT molecular complexity index is 728. The van der Waals surface area contributed by atoms with Crippen LogP contribution in [0.25, 0.3) is 0 Å². The number of sulfonamides is 1. The molecule has 1 heterocycles. The number of carbonyl (C=O) groups is 1. The van der Waals surface area contributed by atoms with E-state index in [1.807, 2.05) is 0 Å². The summed E-state index contributed by atoms with van der Waals surface area (Å²) < 4.78 is 37.4. The molecule has 1 atom stereocenters. The van der Waals surface area contributed by atoms with Crippen molar-refractivity contribution in [2.24, 2.45) is 0 Å². The van der Waals surface area contributed by atoms with Gasteiger partial charge in [-0.2, -0.15) is 4.72 Å². The van der Waals surface area contributed by atoms with Crippen LogP contribution in [0.3, 0.4) is 0 Å². The van der Waals surface area contributed by atoms with Crippen molar-refractivity contribution < 1.29 is 22.4 Å². The normalized spacial score (nSPS) is 12.8. The summed E-state index contributed by atoms with van der Waals surface area (Å²) in [5, 5.41) is 0. The number of hydrogen-bond acceptors (Lipinski definition) is 5. The molecule has 1 unspecified atom stereocenters. The number of ether oxygens (including phenoxy) is 1. The molecule has 0 radical (unpaired) electrons. The highest BCUT2D eigenvalue weighted by Gasteiger charge is 2.31.